The number of pyridine rings is 1. The van der Waals surface area contributed by atoms with Crippen molar-refractivity contribution in [1.29, 1.82) is 0 Å². The fraction of sp³-hybridized carbons (Fsp3) is 0.375. The molecule has 6 nitrogen and oxygen atoms in total. The normalized spacial score (nSPS) is 18.8. The molecular weight excluding hydrogens is 533 g/mol. The van der Waals surface area contributed by atoms with E-state index >= 15 is 8.78 Å². The second-order valence-electron chi connectivity index (χ2n) is 11.3. The Morgan fingerprint density at radius 2 is 1.85 bits per heavy atom. The van der Waals surface area contributed by atoms with Crippen LogP contribution < -0.4 is 4.74 Å². The minimum atomic E-state index is -1.56. The van der Waals surface area contributed by atoms with E-state index in [2.05, 4.69) is 4.98 Å². The minimum Gasteiger partial charge on any atom is -0.487 e. The Labute approximate surface area is 237 Å². The Kier molecular flexibility index (Phi) is 8.20. The van der Waals surface area contributed by atoms with Crippen molar-refractivity contribution >= 4 is 11.5 Å². The molecule has 5 rings (SSSR count). The number of rotatable bonds is 10. The number of nitrogens with zero attached hydrogens (tertiary/aromatic N) is 2. The molecule has 2 aliphatic rings. The Balaban J connectivity index is 1.42. The first-order valence-corrected chi connectivity index (χ1v) is 13.6. The van der Waals surface area contributed by atoms with Crippen LogP contribution in [0.3, 0.4) is 0 Å². The van der Waals surface area contributed by atoms with Gasteiger partial charge in [-0.05, 0) is 73.6 Å². The molecule has 1 aliphatic carbocycles. The zero-order valence-corrected chi connectivity index (χ0v) is 23.3. The van der Waals surface area contributed by atoms with Gasteiger partial charge in [0.15, 0.2) is 0 Å². The van der Waals surface area contributed by atoms with Crippen molar-refractivity contribution in [2.75, 3.05) is 13.2 Å². The zero-order valence-electron chi connectivity index (χ0n) is 23.3. The van der Waals surface area contributed by atoms with Crippen molar-refractivity contribution in [3.8, 4) is 5.75 Å². The van der Waals surface area contributed by atoms with Gasteiger partial charge >= 0.3 is 5.97 Å². The molecule has 0 bridgehead atoms. The molecule has 0 amide bonds. The second-order valence-corrected chi connectivity index (χ2v) is 11.3. The van der Waals surface area contributed by atoms with E-state index in [0.29, 0.717) is 24.1 Å². The maximum absolute atomic E-state index is 15.9. The molecule has 2 aromatic carbocycles. The third-order valence-electron chi connectivity index (χ3n) is 7.48. The predicted octanol–water partition coefficient (Wildman–Crippen LogP) is 6.43. The fourth-order valence-electron chi connectivity index (χ4n) is 5.86. The van der Waals surface area contributed by atoms with E-state index < -0.39 is 35.9 Å². The van der Waals surface area contributed by atoms with Gasteiger partial charge in [-0.3, -0.25) is 9.88 Å². The number of aliphatic carboxylic acids is 1. The van der Waals surface area contributed by atoms with Gasteiger partial charge in [0.2, 0.25) is 0 Å². The Bertz CT molecular complexity index is 1460. The highest BCUT2D eigenvalue weighted by molar-refractivity contribution is 5.79. The number of halogens is 3. The number of benzene rings is 2. The first kappa shape index (κ1) is 28.8. The van der Waals surface area contributed by atoms with Crippen LogP contribution in [0.25, 0.3) is 5.57 Å². The number of ether oxygens (including phenoxy) is 2. The van der Waals surface area contributed by atoms with Gasteiger partial charge in [0.05, 0.1) is 18.3 Å². The third kappa shape index (κ3) is 6.47. The molecule has 1 aliphatic heterocycles. The summed E-state index contributed by atoms with van der Waals surface area (Å²) >= 11 is 0. The summed E-state index contributed by atoms with van der Waals surface area (Å²) in [5, 5.41) is 8.73. The lowest BCUT2D eigenvalue weighted by Gasteiger charge is -2.44. The Hall–Kier alpha value is -3.69. The summed E-state index contributed by atoms with van der Waals surface area (Å²) in [6.07, 6.45) is 2.76. The van der Waals surface area contributed by atoms with Crippen LogP contribution in [-0.2, 0) is 29.2 Å². The topological polar surface area (TPSA) is 71.9 Å². The largest absolute Gasteiger partial charge is 0.487 e. The summed E-state index contributed by atoms with van der Waals surface area (Å²) in [6.45, 7) is 4.56. The lowest BCUT2D eigenvalue weighted by atomic mass is 9.84. The first-order chi connectivity index (χ1) is 19.5. The van der Waals surface area contributed by atoms with Gasteiger partial charge < -0.3 is 14.6 Å². The highest BCUT2D eigenvalue weighted by Crippen LogP contribution is 2.50. The number of aromatic nitrogens is 1. The van der Waals surface area contributed by atoms with Gasteiger partial charge in [0, 0.05) is 36.5 Å². The van der Waals surface area contributed by atoms with E-state index in [1.165, 1.54) is 32.2 Å². The number of carbonyl (C=O) groups is 1. The maximum atomic E-state index is 15.9. The van der Waals surface area contributed by atoms with E-state index in [-0.39, 0.29) is 37.1 Å². The van der Waals surface area contributed by atoms with E-state index in [9.17, 15) is 9.18 Å². The van der Waals surface area contributed by atoms with E-state index in [4.69, 9.17) is 14.6 Å². The zero-order chi connectivity index (χ0) is 29.3. The summed E-state index contributed by atoms with van der Waals surface area (Å²) in [4.78, 5) is 16.7. The second kappa shape index (κ2) is 11.7. The number of alkyl halides is 1. The van der Waals surface area contributed by atoms with Crippen molar-refractivity contribution in [3.63, 3.8) is 0 Å². The molecule has 9 heteroatoms. The molecule has 0 unspecified atom stereocenters. The van der Waals surface area contributed by atoms with Gasteiger partial charge in [0.25, 0.3) is 0 Å². The van der Waals surface area contributed by atoms with Crippen molar-refractivity contribution in [1.82, 2.24) is 9.88 Å². The smallest absolute Gasteiger partial charge is 0.329 e. The summed E-state index contributed by atoms with van der Waals surface area (Å²) in [5.41, 5.74) is 3.71. The lowest BCUT2D eigenvalue weighted by Crippen LogP contribution is -2.47. The quantitative estimate of drug-likeness (QED) is 0.305. The van der Waals surface area contributed by atoms with Crippen LogP contribution >= 0.6 is 0 Å². The SMILES string of the molecule is C[C@@H]1CC2=C(Cc3ccccc32)[C@@H](c2c(F)cc(OCc3cc(COCC(=O)O)ccn3)cc2F)N1CC(C)(C)F. The standard InChI is InChI=1S/C32H33F3N2O4/c1-19-10-25-24-7-5-4-6-21(24)12-26(25)31(37(19)18-32(2,3)35)30-27(33)13-23(14-28(30)34)41-16-22-11-20(8-9-36-22)15-40-17-29(38)39/h4-9,11,13-14,19,31H,10,12,15-18H2,1-3H3,(H,38,39)/t19-,31+/m1/s1. The van der Waals surface area contributed by atoms with Crippen LogP contribution in [0.5, 0.6) is 5.75 Å². The van der Waals surface area contributed by atoms with Crippen LogP contribution in [0.2, 0.25) is 0 Å². The Morgan fingerprint density at radius 3 is 2.56 bits per heavy atom. The molecule has 1 N–H and O–H groups in total. The van der Waals surface area contributed by atoms with Crippen LogP contribution in [0.4, 0.5) is 13.2 Å². The number of fused-ring (bicyclic) bond motifs is 2. The first-order valence-electron chi connectivity index (χ1n) is 13.6. The van der Waals surface area contributed by atoms with Crippen molar-refractivity contribution in [3.05, 3.63) is 99.9 Å². The number of carboxylic acid groups (broad SMARTS) is 1. The summed E-state index contributed by atoms with van der Waals surface area (Å²) in [7, 11) is 0. The van der Waals surface area contributed by atoms with Crippen LogP contribution in [0.15, 0.2) is 60.3 Å². The lowest BCUT2D eigenvalue weighted by molar-refractivity contribution is -0.142. The minimum absolute atomic E-state index is 0.00298. The molecule has 2 atom stereocenters. The van der Waals surface area contributed by atoms with Crippen molar-refractivity contribution in [2.45, 2.75) is 64.6 Å². The summed E-state index contributed by atoms with van der Waals surface area (Å²) in [6, 6.07) is 12.8. The van der Waals surface area contributed by atoms with Gasteiger partial charge in [-0.25, -0.2) is 18.0 Å². The number of hydrogen-bond donors (Lipinski definition) is 1. The highest BCUT2D eigenvalue weighted by atomic mass is 19.1. The molecule has 3 aromatic rings. The van der Waals surface area contributed by atoms with Crippen LogP contribution in [0.1, 0.15) is 61.2 Å². The van der Waals surface area contributed by atoms with Gasteiger partial charge in [-0.15, -0.1) is 0 Å². The molecule has 1 aromatic heterocycles. The average Bonchev–Trinajstić information content (AvgIpc) is 3.26. The molecule has 0 spiro atoms. The van der Waals surface area contributed by atoms with Gasteiger partial charge in [0.1, 0.15) is 36.3 Å². The highest BCUT2D eigenvalue weighted by Gasteiger charge is 2.43. The fourth-order valence-corrected chi connectivity index (χ4v) is 5.86. The molecule has 0 saturated heterocycles. The monoisotopic (exact) mass is 566 g/mol. The molecule has 0 radical (unpaired) electrons. The van der Waals surface area contributed by atoms with Gasteiger partial charge in [-0.2, -0.15) is 0 Å². The molecule has 2 heterocycles. The predicted molar refractivity (Wildman–Crippen MR) is 148 cm³/mol. The Morgan fingerprint density at radius 1 is 1.12 bits per heavy atom. The maximum Gasteiger partial charge on any atom is 0.329 e. The summed E-state index contributed by atoms with van der Waals surface area (Å²) in [5.74, 6) is -2.58. The molecule has 41 heavy (non-hydrogen) atoms. The van der Waals surface area contributed by atoms with E-state index in [1.807, 2.05) is 36.1 Å². The van der Waals surface area contributed by atoms with Crippen molar-refractivity contribution in [2.24, 2.45) is 0 Å². The van der Waals surface area contributed by atoms with Crippen LogP contribution in [-0.4, -0.2) is 45.8 Å². The summed E-state index contributed by atoms with van der Waals surface area (Å²) < 4.78 is 57.5. The van der Waals surface area contributed by atoms with E-state index in [0.717, 1.165) is 22.3 Å². The van der Waals surface area contributed by atoms with Crippen molar-refractivity contribution < 1.29 is 32.5 Å². The molecular formula is C32H33F3N2O4. The average molecular weight is 567 g/mol. The van der Waals surface area contributed by atoms with Crippen LogP contribution in [0, 0.1) is 11.6 Å². The van der Waals surface area contributed by atoms with E-state index in [1.54, 1.807) is 12.1 Å². The number of carboxylic acids is 1. The molecule has 216 valence electrons. The molecule has 0 saturated carbocycles. The third-order valence-corrected chi connectivity index (χ3v) is 7.48. The number of hydrogen-bond acceptors (Lipinski definition) is 5. The van der Waals surface area contributed by atoms with Gasteiger partial charge in [-0.1, -0.05) is 24.3 Å². The molecule has 0 fully saturated rings.